The molecule has 0 saturated carbocycles. The van der Waals surface area contributed by atoms with E-state index in [1.807, 2.05) is 6.92 Å². The lowest BCUT2D eigenvalue weighted by atomic mass is 10.00. The average Bonchev–Trinajstić information content (AvgIpc) is 2.10. The second kappa shape index (κ2) is 7.25. The van der Waals surface area contributed by atoms with Gasteiger partial charge < -0.3 is 9.84 Å². The molecule has 72 valence electrons. The van der Waals surface area contributed by atoms with Crippen molar-refractivity contribution < 1.29 is 9.84 Å². The molecule has 0 aromatic rings. The van der Waals surface area contributed by atoms with Crippen LogP contribution in [0.25, 0.3) is 0 Å². The smallest absolute Gasteiger partial charge is 0.0752 e. The molecule has 0 aromatic carbocycles. The summed E-state index contributed by atoms with van der Waals surface area (Å²) < 4.78 is 4.95. The van der Waals surface area contributed by atoms with Crippen molar-refractivity contribution in [3.63, 3.8) is 0 Å². The molecule has 0 aromatic heterocycles. The molecule has 3 nitrogen and oxygen atoms in total. The molecular formula is C9H19NO2. The van der Waals surface area contributed by atoms with E-state index in [-0.39, 0.29) is 12.6 Å². The minimum absolute atomic E-state index is 0.0325. The Morgan fingerprint density at radius 3 is 2.67 bits per heavy atom. The highest BCUT2D eigenvalue weighted by Crippen LogP contribution is 2.10. The van der Waals surface area contributed by atoms with Crippen molar-refractivity contribution in [2.45, 2.75) is 26.3 Å². The van der Waals surface area contributed by atoms with Gasteiger partial charge in [0.25, 0.3) is 0 Å². The summed E-state index contributed by atoms with van der Waals surface area (Å²) in [7, 11) is 1.68. The zero-order valence-electron chi connectivity index (χ0n) is 8.16. The van der Waals surface area contributed by atoms with Gasteiger partial charge in [0.15, 0.2) is 0 Å². The number of aliphatic imine (C=N–C) groups is 1. The third kappa shape index (κ3) is 4.46. The highest BCUT2D eigenvalue weighted by Gasteiger charge is 2.13. The van der Waals surface area contributed by atoms with Crippen molar-refractivity contribution in [1.82, 2.24) is 0 Å². The minimum Gasteiger partial charge on any atom is -0.394 e. The first-order valence-corrected chi connectivity index (χ1v) is 4.33. The Bertz CT molecular complexity index is 126. The van der Waals surface area contributed by atoms with Gasteiger partial charge in [-0.3, -0.25) is 4.99 Å². The summed E-state index contributed by atoms with van der Waals surface area (Å²) in [6.45, 7) is 4.80. The topological polar surface area (TPSA) is 41.8 Å². The number of aliphatic hydroxyl groups is 1. The van der Waals surface area contributed by atoms with Crippen LogP contribution in [0.1, 0.15) is 20.3 Å². The maximum Gasteiger partial charge on any atom is 0.0752 e. The highest BCUT2D eigenvalue weighted by atomic mass is 16.5. The molecule has 0 bridgehead atoms. The van der Waals surface area contributed by atoms with E-state index in [1.54, 1.807) is 13.3 Å². The molecule has 0 radical (unpaired) electrons. The van der Waals surface area contributed by atoms with Crippen LogP contribution in [0.4, 0.5) is 0 Å². The van der Waals surface area contributed by atoms with Crippen LogP contribution in [-0.2, 0) is 4.74 Å². The molecule has 2 atom stereocenters. The molecule has 2 unspecified atom stereocenters. The first-order chi connectivity index (χ1) is 5.76. The zero-order valence-corrected chi connectivity index (χ0v) is 8.16. The molecule has 1 N–H and O–H groups in total. The summed E-state index contributed by atoms with van der Waals surface area (Å²) in [5.74, 6) is 0.381. The standard InChI is InChI=1S/C9H19NO2/c1-4-10-9(7-11)8(2)5-6-12-3/h4,8-9,11H,5-7H2,1-3H3/b10-4+. The van der Waals surface area contributed by atoms with Crippen LogP contribution in [-0.4, -0.2) is 37.7 Å². The molecule has 0 amide bonds. The molecule has 0 spiro atoms. The maximum absolute atomic E-state index is 8.97. The van der Waals surface area contributed by atoms with Crippen molar-refractivity contribution in [2.75, 3.05) is 20.3 Å². The van der Waals surface area contributed by atoms with Crippen molar-refractivity contribution in [2.24, 2.45) is 10.9 Å². The fourth-order valence-corrected chi connectivity index (χ4v) is 1.06. The molecular weight excluding hydrogens is 154 g/mol. The first-order valence-electron chi connectivity index (χ1n) is 4.33. The largest absolute Gasteiger partial charge is 0.394 e. The van der Waals surface area contributed by atoms with Gasteiger partial charge in [0, 0.05) is 13.7 Å². The number of nitrogens with zero attached hydrogens (tertiary/aromatic N) is 1. The fraction of sp³-hybridized carbons (Fsp3) is 0.889. The summed E-state index contributed by atoms with van der Waals surface area (Å²) in [6, 6.07) is 0.0325. The highest BCUT2D eigenvalue weighted by molar-refractivity contribution is 5.53. The van der Waals surface area contributed by atoms with Crippen molar-refractivity contribution in [1.29, 1.82) is 0 Å². The summed E-state index contributed by atoms with van der Waals surface area (Å²) in [5.41, 5.74) is 0. The van der Waals surface area contributed by atoms with Gasteiger partial charge >= 0.3 is 0 Å². The van der Waals surface area contributed by atoms with Gasteiger partial charge in [0.2, 0.25) is 0 Å². The Hall–Kier alpha value is -0.410. The Balaban J connectivity index is 3.76. The van der Waals surface area contributed by atoms with Gasteiger partial charge in [-0.15, -0.1) is 0 Å². The Morgan fingerprint density at radius 2 is 2.25 bits per heavy atom. The van der Waals surface area contributed by atoms with Gasteiger partial charge in [-0.25, -0.2) is 0 Å². The maximum atomic E-state index is 8.97. The van der Waals surface area contributed by atoms with Gasteiger partial charge in [0.1, 0.15) is 0 Å². The predicted octanol–water partition coefficient (Wildman–Crippen LogP) is 1.11. The lowest BCUT2D eigenvalue weighted by Gasteiger charge is -2.17. The van der Waals surface area contributed by atoms with E-state index < -0.39 is 0 Å². The van der Waals surface area contributed by atoms with Gasteiger partial charge in [-0.05, 0) is 25.5 Å². The zero-order chi connectivity index (χ0) is 9.40. The van der Waals surface area contributed by atoms with Crippen LogP contribution < -0.4 is 0 Å². The van der Waals surface area contributed by atoms with Gasteiger partial charge in [-0.1, -0.05) is 6.92 Å². The first kappa shape index (κ1) is 11.6. The van der Waals surface area contributed by atoms with E-state index in [0.717, 1.165) is 13.0 Å². The third-order valence-electron chi connectivity index (χ3n) is 1.96. The van der Waals surface area contributed by atoms with E-state index in [2.05, 4.69) is 11.9 Å². The normalized spacial score (nSPS) is 16.7. The SMILES string of the molecule is C/C=N/C(CO)C(C)CCOC. The second-order valence-corrected chi connectivity index (χ2v) is 2.92. The van der Waals surface area contributed by atoms with E-state index in [0.29, 0.717) is 5.92 Å². The minimum atomic E-state index is 0.0325. The summed E-state index contributed by atoms with van der Waals surface area (Å²) in [5, 5.41) is 8.97. The van der Waals surface area contributed by atoms with E-state index in [9.17, 15) is 0 Å². The summed E-state index contributed by atoms with van der Waals surface area (Å²) >= 11 is 0. The van der Waals surface area contributed by atoms with Crippen LogP contribution in [0.2, 0.25) is 0 Å². The van der Waals surface area contributed by atoms with E-state index in [4.69, 9.17) is 9.84 Å². The van der Waals surface area contributed by atoms with Crippen molar-refractivity contribution >= 4 is 6.21 Å². The molecule has 0 aliphatic heterocycles. The number of hydrogen-bond donors (Lipinski definition) is 1. The van der Waals surface area contributed by atoms with Crippen LogP contribution >= 0.6 is 0 Å². The molecule has 0 aliphatic carbocycles. The van der Waals surface area contributed by atoms with Crippen molar-refractivity contribution in [3.05, 3.63) is 0 Å². The van der Waals surface area contributed by atoms with Crippen molar-refractivity contribution in [3.8, 4) is 0 Å². The molecule has 3 heteroatoms. The van der Waals surface area contributed by atoms with Gasteiger partial charge in [-0.2, -0.15) is 0 Å². The molecule has 0 saturated heterocycles. The van der Waals surface area contributed by atoms with E-state index >= 15 is 0 Å². The predicted molar refractivity (Wildman–Crippen MR) is 50.7 cm³/mol. The lowest BCUT2D eigenvalue weighted by Crippen LogP contribution is -2.21. The van der Waals surface area contributed by atoms with Crippen LogP contribution in [0, 0.1) is 5.92 Å². The monoisotopic (exact) mass is 173 g/mol. The third-order valence-corrected chi connectivity index (χ3v) is 1.96. The summed E-state index contributed by atoms with van der Waals surface area (Å²) in [6.07, 6.45) is 2.68. The number of aliphatic hydroxyl groups excluding tert-OH is 1. The summed E-state index contributed by atoms with van der Waals surface area (Å²) in [4.78, 5) is 4.16. The number of rotatable bonds is 6. The Labute approximate surface area is 74.5 Å². The number of ether oxygens (including phenoxy) is 1. The fourth-order valence-electron chi connectivity index (χ4n) is 1.06. The Kier molecular flexibility index (Phi) is 7.00. The van der Waals surface area contributed by atoms with Crippen LogP contribution in [0.15, 0.2) is 4.99 Å². The molecule has 12 heavy (non-hydrogen) atoms. The second-order valence-electron chi connectivity index (χ2n) is 2.92. The Morgan fingerprint density at radius 1 is 1.58 bits per heavy atom. The molecule has 0 aliphatic rings. The van der Waals surface area contributed by atoms with Gasteiger partial charge in [0.05, 0.1) is 12.6 Å². The quantitative estimate of drug-likeness (QED) is 0.611. The molecule has 0 rings (SSSR count). The van der Waals surface area contributed by atoms with Crippen LogP contribution in [0.5, 0.6) is 0 Å². The lowest BCUT2D eigenvalue weighted by molar-refractivity contribution is 0.160. The molecule has 0 heterocycles. The molecule has 0 fully saturated rings. The van der Waals surface area contributed by atoms with Crippen LogP contribution in [0.3, 0.4) is 0 Å². The van der Waals surface area contributed by atoms with E-state index in [1.165, 1.54) is 0 Å². The number of methoxy groups -OCH3 is 1. The number of hydrogen-bond acceptors (Lipinski definition) is 3. The average molecular weight is 173 g/mol.